The number of aliphatic hydroxyl groups is 4. The van der Waals surface area contributed by atoms with Crippen molar-refractivity contribution in [1.29, 1.82) is 0 Å². The van der Waals surface area contributed by atoms with Crippen LogP contribution in [0.1, 0.15) is 92.9 Å². The van der Waals surface area contributed by atoms with E-state index < -0.39 is 40.5 Å². The lowest BCUT2D eigenvalue weighted by atomic mass is 9.32. The Balaban J connectivity index is 1.65. The number of hydrogen-bond donors (Lipinski definition) is 5. The normalized spacial score (nSPS) is 55.9. The van der Waals surface area contributed by atoms with Crippen LogP contribution in [0, 0.1) is 50.2 Å². The lowest BCUT2D eigenvalue weighted by Gasteiger charge is -2.72. The summed E-state index contributed by atoms with van der Waals surface area (Å²) in [5.74, 6) is -1.12. The molecule has 0 aromatic carbocycles. The van der Waals surface area contributed by atoms with E-state index in [1.807, 2.05) is 6.92 Å². The van der Waals surface area contributed by atoms with Crippen molar-refractivity contribution in [2.24, 2.45) is 50.2 Å². The molecule has 6 heteroatoms. The molecule has 0 heterocycles. The van der Waals surface area contributed by atoms with Crippen LogP contribution in [0.25, 0.3) is 0 Å². The van der Waals surface area contributed by atoms with Crippen LogP contribution >= 0.6 is 0 Å². The summed E-state index contributed by atoms with van der Waals surface area (Å²) in [6, 6.07) is 0. The molecule has 0 aromatic heterocycles. The van der Waals surface area contributed by atoms with Gasteiger partial charge >= 0.3 is 5.97 Å². The number of carboxylic acids is 1. The number of allylic oxidation sites excluding steroid dienone is 2. The Bertz CT molecular complexity index is 974. The van der Waals surface area contributed by atoms with Crippen LogP contribution in [-0.4, -0.2) is 56.4 Å². The zero-order chi connectivity index (χ0) is 26.7. The molecule has 0 spiro atoms. The van der Waals surface area contributed by atoms with Crippen molar-refractivity contribution in [2.75, 3.05) is 6.61 Å². The number of carbonyl (C=O) groups is 1. The minimum Gasteiger partial charge on any atom is -0.481 e. The maximum atomic E-state index is 12.8. The van der Waals surface area contributed by atoms with Crippen LogP contribution < -0.4 is 0 Å². The van der Waals surface area contributed by atoms with Gasteiger partial charge in [-0.1, -0.05) is 53.2 Å². The first kappa shape index (κ1) is 26.6. The quantitative estimate of drug-likeness (QED) is 0.361. The monoisotopic (exact) mass is 504 g/mol. The summed E-state index contributed by atoms with van der Waals surface area (Å²) in [4.78, 5) is 12.8. The molecule has 5 N–H and O–H groups in total. The molecule has 0 saturated heterocycles. The van der Waals surface area contributed by atoms with Crippen molar-refractivity contribution in [1.82, 2.24) is 0 Å². The highest BCUT2D eigenvalue weighted by Gasteiger charge is 2.73. The standard InChI is InChI=1S/C30H48O6/c1-25(2)11-12-30(24(35)36)18(13-25)17-7-8-20-26(3)10-9-21(33)27(4,16-31)23(26)19(32)14-29(20,6)28(17,5)15-22(30)34/h7,18-23,31-34H,8-16H2,1-6H3,(H,35,36)/t18?,19-,20-,21+,22?,23-,26-,27-,28-,29-,30+/m1/s1. The summed E-state index contributed by atoms with van der Waals surface area (Å²) in [6.07, 6.45) is 5.17. The molecule has 6 nitrogen and oxygen atoms in total. The maximum absolute atomic E-state index is 12.8. The van der Waals surface area contributed by atoms with E-state index in [1.54, 1.807) is 0 Å². The molecular weight excluding hydrogens is 456 g/mol. The predicted molar refractivity (Wildman–Crippen MR) is 137 cm³/mol. The summed E-state index contributed by atoms with van der Waals surface area (Å²) in [6.45, 7) is 12.9. The third kappa shape index (κ3) is 3.02. The molecule has 2 unspecified atom stereocenters. The number of carboxylic acid groups (broad SMARTS) is 1. The van der Waals surface area contributed by atoms with Gasteiger partial charge in [0.1, 0.15) is 5.41 Å². The van der Waals surface area contributed by atoms with Gasteiger partial charge in [0.15, 0.2) is 0 Å². The van der Waals surface area contributed by atoms with E-state index >= 15 is 0 Å². The van der Waals surface area contributed by atoms with Gasteiger partial charge in [0.05, 0.1) is 24.9 Å². The number of aliphatic hydroxyl groups excluding tert-OH is 4. The third-order valence-corrected chi connectivity index (χ3v) is 13.1. The Labute approximate surface area is 216 Å². The average molecular weight is 505 g/mol. The van der Waals surface area contributed by atoms with Crippen LogP contribution in [0.3, 0.4) is 0 Å². The number of hydrogen-bond acceptors (Lipinski definition) is 5. The lowest BCUT2D eigenvalue weighted by Crippen LogP contribution is -2.70. The fourth-order valence-corrected chi connectivity index (χ4v) is 10.9. The highest BCUT2D eigenvalue weighted by Crippen LogP contribution is 2.75. The topological polar surface area (TPSA) is 118 Å². The molecular formula is C30H48O6. The van der Waals surface area contributed by atoms with E-state index in [1.165, 1.54) is 5.57 Å². The van der Waals surface area contributed by atoms with E-state index in [4.69, 9.17) is 0 Å². The molecule has 5 aliphatic carbocycles. The minimum atomic E-state index is -1.14. The smallest absolute Gasteiger partial charge is 0.312 e. The van der Waals surface area contributed by atoms with Gasteiger partial charge < -0.3 is 25.5 Å². The Morgan fingerprint density at radius 1 is 0.944 bits per heavy atom. The summed E-state index contributed by atoms with van der Waals surface area (Å²) in [7, 11) is 0. The van der Waals surface area contributed by atoms with Crippen molar-refractivity contribution < 1.29 is 30.3 Å². The molecule has 0 aromatic rings. The zero-order valence-corrected chi connectivity index (χ0v) is 23.0. The first-order chi connectivity index (χ1) is 16.5. The highest BCUT2D eigenvalue weighted by molar-refractivity contribution is 5.77. The van der Waals surface area contributed by atoms with E-state index in [-0.39, 0.29) is 40.6 Å². The van der Waals surface area contributed by atoms with Crippen molar-refractivity contribution in [3.63, 3.8) is 0 Å². The summed E-state index contributed by atoms with van der Waals surface area (Å²) in [5, 5.41) is 55.3. The molecule has 11 atom stereocenters. The van der Waals surface area contributed by atoms with Crippen LogP contribution in [0.2, 0.25) is 0 Å². The SMILES string of the molecule is CC1(C)CC[C@@]2(C(=O)O)C(O)C[C@]3(C)C(=CC[C@@H]4[C@@]5(C)CC[C@H](O)[C@@](C)(CO)[C@@H]5[C@H](O)C[C@]43C)C2C1. The van der Waals surface area contributed by atoms with Gasteiger partial charge in [-0.3, -0.25) is 4.79 Å². The Morgan fingerprint density at radius 3 is 2.22 bits per heavy atom. The second-order valence-corrected chi connectivity index (χ2v) is 15.2. The molecule has 0 aliphatic heterocycles. The lowest BCUT2D eigenvalue weighted by molar-refractivity contribution is -0.257. The summed E-state index contributed by atoms with van der Waals surface area (Å²) >= 11 is 0. The van der Waals surface area contributed by atoms with Crippen molar-refractivity contribution in [3.8, 4) is 0 Å². The zero-order valence-electron chi connectivity index (χ0n) is 23.0. The first-order valence-electron chi connectivity index (χ1n) is 14.1. The fourth-order valence-electron chi connectivity index (χ4n) is 10.9. The number of aliphatic carboxylic acids is 1. The van der Waals surface area contributed by atoms with E-state index in [2.05, 4.69) is 40.7 Å². The Kier molecular flexibility index (Phi) is 5.77. The van der Waals surface area contributed by atoms with Gasteiger partial charge in [0, 0.05) is 11.3 Å². The van der Waals surface area contributed by atoms with E-state index in [0.29, 0.717) is 25.7 Å². The van der Waals surface area contributed by atoms with E-state index in [0.717, 1.165) is 25.7 Å². The second-order valence-electron chi connectivity index (χ2n) is 15.2. The molecule has 0 radical (unpaired) electrons. The summed E-state index contributed by atoms with van der Waals surface area (Å²) in [5.41, 5.74) is -1.78. The highest BCUT2D eigenvalue weighted by atomic mass is 16.4. The molecule has 4 saturated carbocycles. The van der Waals surface area contributed by atoms with E-state index in [9.17, 15) is 30.3 Å². The van der Waals surface area contributed by atoms with Crippen LogP contribution in [0.4, 0.5) is 0 Å². The van der Waals surface area contributed by atoms with Gasteiger partial charge in [-0.25, -0.2) is 0 Å². The van der Waals surface area contributed by atoms with Gasteiger partial charge in [0.2, 0.25) is 0 Å². The fraction of sp³-hybridized carbons (Fsp3) is 0.900. The maximum Gasteiger partial charge on any atom is 0.312 e. The van der Waals surface area contributed by atoms with Crippen LogP contribution in [0.15, 0.2) is 11.6 Å². The first-order valence-corrected chi connectivity index (χ1v) is 14.1. The molecule has 0 bridgehead atoms. The number of fused-ring (bicyclic) bond motifs is 7. The molecule has 4 fully saturated rings. The molecule has 204 valence electrons. The predicted octanol–water partition coefficient (Wildman–Crippen LogP) is 4.15. The van der Waals surface area contributed by atoms with Gasteiger partial charge in [0.25, 0.3) is 0 Å². The van der Waals surface area contributed by atoms with Gasteiger partial charge in [-0.15, -0.1) is 0 Å². The van der Waals surface area contributed by atoms with Crippen LogP contribution in [0.5, 0.6) is 0 Å². The second kappa shape index (κ2) is 7.80. The van der Waals surface area contributed by atoms with Crippen LogP contribution in [-0.2, 0) is 4.79 Å². The molecule has 5 aliphatic rings. The average Bonchev–Trinajstić information content (AvgIpc) is 2.76. The molecule has 36 heavy (non-hydrogen) atoms. The largest absolute Gasteiger partial charge is 0.481 e. The van der Waals surface area contributed by atoms with Gasteiger partial charge in [-0.2, -0.15) is 0 Å². The molecule has 0 amide bonds. The van der Waals surface area contributed by atoms with Gasteiger partial charge in [-0.05, 0) is 84.9 Å². The number of rotatable bonds is 2. The molecule has 5 rings (SSSR count). The third-order valence-electron chi connectivity index (χ3n) is 13.1. The van der Waals surface area contributed by atoms with Crippen molar-refractivity contribution >= 4 is 5.97 Å². The Hall–Kier alpha value is -0.950. The van der Waals surface area contributed by atoms with Crippen molar-refractivity contribution in [2.45, 2.75) is 111 Å². The van der Waals surface area contributed by atoms with Crippen molar-refractivity contribution in [3.05, 3.63) is 11.6 Å². The summed E-state index contributed by atoms with van der Waals surface area (Å²) < 4.78 is 0. The Morgan fingerprint density at radius 2 is 1.61 bits per heavy atom. The minimum absolute atomic E-state index is 0.00574.